The van der Waals surface area contributed by atoms with Crippen LogP contribution < -0.4 is 22.5 Å². The van der Waals surface area contributed by atoms with E-state index in [9.17, 15) is 44.0 Å². The molecule has 4 aromatic rings. The molecular weight excluding hydrogens is 816 g/mol. The van der Waals surface area contributed by atoms with E-state index in [4.69, 9.17) is 28.8 Å². The second-order valence-corrected chi connectivity index (χ2v) is 17.5. The molecule has 57 heavy (non-hydrogen) atoms. The normalized spacial score (nSPS) is 15.8. The molecule has 0 unspecified atom stereocenters. The summed E-state index contributed by atoms with van der Waals surface area (Å²) in [5.41, 5.74) is 15.4. The third-order valence-electron chi connectivity index (χ3n) is 8.93. The van der Waals surface area contributed by atoms with Crippen LogP contribution in [0.2, 0.25) is 5.15 Å². The van der Waals surface area contributed by atoms with Crippen molar-refractivity contribution in [2.24, 2.45) is 5.73 Å². The van der Waals surface area contributed by atoms with Gasteiger partial charge in [0.15, 0.2) is 0 Å². The van der Waals surface area contributed by atoms with E-state index in [1.165, 1.54) is 57.5 Å². The SMILES string of the molecule is CS(=O)(=O)N1CCC(N)CC1.CS(=O)(=O)N1CCC(Nc2ccc(C(=O)c3c(F)cccc3F)c(N)n2)CC1.Nc1nc(Cl)ccc1C(=O)c1c(F)cccc1F. The molecule has 21 heteroatoms. The Hall–Kier alpha value is -4.73. The number of ketones is 2. The first-order valence-corrected chi connectivity index (χ1v) is 21.3. The number of nitrogens with two attached hydrogens (primary N) is 3. The van der Waals surface area contributed by atoms with E-state index < -0.39 is 66.0 Å². The van der Waals surface area contributed by atoms with Gasteiger partial charge in [0.2, 0.25) is 31.6 Å². The molecule has 0 amide bonds. The number of sulfonamides is 2. The van der Waals surface area contributed by atoms with Crippen LogP contribution in [0.5, 0.6) is 0 Å². The van der Waals surface area contributed by atoms with E-state index in [-0.39, 0.29) is 40.0 Å². The maximum Gasteiger partial charge on any atom is 0.211 e. The number of carbonyl (C=O) groups excluding carboxylic acids is 2. The van der Waals surface area contributed by atoms with Gasteiger partial charge in [0.25, 0.3) is 0 Å². The van der Waals surface area contributed by atoms with Gasteiger partial charge < -0.3 is 22.5 Å². The molecule has 2 aliphatic rings. The van der Waals surface area contributed by atoms with Crippen LogP contribution >= 0.6 is 11.6 Å². The van der Waals surface area contributed by atoms with Gasteiger partial charge in [-0.1, -0.05) is 23.7 Å². The molecule has 14 nitrogen and oxygen atoms in total. The second-order valence-electron chi connectivity index (χ2n) is 13.1. The number of aromatic nitrogens is 2. The van der Waals surface area contributed by atoms with Gasteiger partial charge in [-0.05, 0) is 74.2 Å². The summed E-state index contributed by atoms with van der Waals surface area (Å²) in [5, 5.41) is 3.25. The first-order valence-electron chi connectivity index (χ1n) is 17.3. The van der Waals surface area contributed by atoms with Crippen LogP contribution in [0.4, 0.5) is 35.0 Å². The molecule has 2 fully saturated rings. The van der Waals surface area contributed by atoms with Crippen molar-refractivity contribution >= 4 is 60.7 Å². The van der Waals surface area contributed by atoms with Gasteiger partial charge in [-0.15, -0.1) is 0 Å². The summed E-state index contributed by atoms with van der Waals surface area (Å²) in [5.74, 6) is -5.50. The lowest BCUT2D eigenvalue weighted by Crippen LogP contribution is -2.42. The average molecular weight is 857 g/mol. The highest BCUT2D eigenvalue weighted by Crippen LogP contribution is 2.24. The predicted molar refractivity (Wildman–Crippen MR) is 209 cm³/mol. The molecule has 0 spiro atoms. The van der Waals surface area contributed by atoms with Crippen molar-refractivity contribution < 1.29 is 44.0 Å². The van der Waals surface area contributed by atoms with Crippen LogP contribution in [0, 0.1) is 23.3 Å². The summed E-state index contributed by atoms with van der Waals surface area (Å²) >= 11 is 5.58. The number of pyridine rings is 2. The number of hydrogen-bond donors (Lipinski definition) is 4. The van der Waals surface area contributed by atoms with E-state index in [1.54, 1.807) is 0 Å². The molecule has 0 aliphatic carbocycles. The Kier molecular flexibility index (Phi) is 15.1. The Morgan fingerprint density at radius 3 is 1.44 bits per heavy atom. The molecule has 0 atom stereocenters. The average Bonchev–Trinajstić information content (AvgIpc) is 3.12. The lowest BCUT2D eigenvalue weighted by atomic mass is 10.0. The Balaban J connectivity index is 0.000000211. The Morgan fingerprint density at radius 1 is 0.667 bits per heavy atom. The maximum atomic E-state index is 13.8. The van der Waals surface area contributed by atoms with Gasteiger partial charge in [0.05, 0.1) is 34.8 Å². The third-order valence-corrected chi connectivity index (χ3v) is 11.7. The number of hydrogen-bond acceptors (Lipinski definition) is 12. The number of rotatable bonds is 8. The summed E-state index contributed by atoms with van der Waals surface area (Å²) in [4.78, 5) is 32.2. The van der Waals surface area contributed by atoms with Gasteiger partial charge >= 0.3 is 0 Å². The third kappa shape index (κ3) is 12.1. The van der Waals surface area contributed by atoms with E-state index in [2.05, 4.69) is 15.3 Å². The number of halogens is 5. The minimum atomic E-state index is -3.21. The minimum Gasteiger partial charge on any atom is -0.383 e. The zero-order valence-electron chi connectivity index (χ0n) is 30.8. The molecule has 4 heterocycles. The van der Waals surface area contributed by atoms with Gasteiger partial charge in [0, 0.05) is 38.3 Å². The van der Waals surface area contributed by atoms with Crippen LogP contribution in [0.25, 0.3) is 0 Å². The van der Waals surface area contributed by atoms with Crippen molar-refractivity contribution in [1.82, 2.24) is 18.6 Å². The number of anilines is 3. The van der Waals surface area contributed by atoms with E-state index in [1.807, 2.05) is 0 Å². The number of carbonyl (C=O) groups is 2. The van der Waals surface area contributed by atoms with E-state index >= 15 is 0 Å². The van der Waals surface area contributed by atoms with Crippen molar-refractivity contribution in [3.63, 3.8) is 0 Å². The number of benzene rings is 2. The van der Waals surface area contributed by atoms with Gasteiger partial charge in [-0.3, -0.25) is 9.59 Å². The fourth-order valence-electron chi connectivity index (χ4n) is 5.84. The lowest BCUT2D eigenvalue weighted by molar-refractivity contribution is 0.102. The number of nitrogen functional groups attached to an aromatic ring is 2. The molecule has 2 aromatic heterocycles. The first-order chi connectivity index (χ1) is 26.7. The fraction of sp³-hybridized carbons (Fsp3) is 0.333. The Bertz CT molecular complexity index is 2290. The molecule has 308 valence electrons. The zero-order valence-corrected chi connectivity index (χ0v) is 33.2. The molecule has 0 saturated carbocycles. The quantitative estimate of drug-likeness (QED) is 0.111. The van der Waals surface area contributed by atoms with Crippen LogP contribution in [-0.4, -0.2) is 97.8 Å². The lowest BCUT2D eigenvalue weighted by Gasteiger charge is -2.31. The van der Waals surface area contributed by atoms with Crippen molar-refractivity contribution in [3.8, 4) is 0 Å². The highest BCUT2D eigenvalue weighted by atomic mass is 35.5. The Labute approximate surface area is 332 Å². The second kappa shape index (κ2) is 19.1. The van der Waals surface area contributed by atoms with E-state index in [0.717, 1.165) is 37.1 Å². The zero-order chi connectivity index (χ0) is 42.2. The maximum absolute atomic E-state index is 13.8. The molecule has 6 rings (SSSR count). The molecule has 2 saturated heterocycles. The summed E-state index contributed by atoms with van der Waals surface area (Å²) < 4.78 is 103. The summed E-state index contributed by atoms with van der Waals surface area (Å²) in [6.07, 6.45) is 5.17. The molecule has 2 aromatic carbocycles. The topological polar surface area (TPSA) is 225 Å². The van der Waals surface area contributed by atoms with Crippen LogP contribution in [0.3, 0.4) is 0 Å². The summed E-state index contributed by atoms with van der Waals surface area (Å²) in [6, 6.07) is 12.0. The van der Waals surface area contributed by atoms with Gasteiger partial charge in [-0.25, -0.2) is 53.0 Å². The first kappa shape index (κ1) is 45.0. The van der Waals surface area contributed by atoms with E-state index in [0.29, 0.717) is 44.8 Å². The minimum absolute atomic E-state index is 0.00420. The molecule has 0 bridgehead atoms. The summed E-state index contributed by atoms with van der Waals surface area (Å²) in [7, 11) is -6.18. The van der Waals surface area contributed by atoms with Gasteiger partial charge in [-0.2, -0.15) is 0 Å². The number of nitrogens with zero attached hydrogens (tertiary/aromatic N) is 4. The molecule has 0 radical (unpaired) electrons. The molecule has 2 aliphatic heterocycles. The smallest absolute Gasteiger partial charge is 0.211 e. The summed E-state index contributed by atoms with van der Waals surface area (Å²) in [6.45, 7) is 1.96. The number of piperidine rings is 2. The predicted octanol–water partition coefficient (Wildman–Crippen LogP) is 4.20. The van der Waals surface area contributed by atoms with Crippen molar-refractivity contribution in [2.45, 2.75) is 37.8 Å². The highest BCUT2D eigenvalue weighted by Gasteiger charge is 2.27. The molecular formula is C36H41ClF4N8O6S2. The van der Waals surface area contributed by atoms with Crippen molar-refractivity contribution in [1.29, 1.82) is 0 Å². The highest BCUT2D eigenvalue weighted by molar-refractivity contribution is 7.88. The van der Waals surface area contributed by atoms with Gasteiger partial charge in [0.1, 0.15) is 45.9 Å². The standard InChI is InChI=1S/C18H20F2N4O3S.C12H7ClF2N2O.C6H14N2O2S/c1-28(26,27)24-9-7-11(8-10-24)22-15-6-5-12(18(21)23-15)17(25)16-13(19)3-2-4-14(16)20;13-9-5-4-6(12(16)17-9)11(18)10-7(14)2-1-3-8(10)15;1-11(9,10)8-4-2-6(7)3-5-8/h2-6,11H,7-10H2,1H3,(H3,21,22,23);1-5H,(H2,16,17);6H,2-5,7H2,1H3. The number of nitrogens with one attached hydrogen (secondary N) is 1. The fourth-order valence-corrected chi connectivity index (χ4v) is 7.74. The van der Waals surface area contributed by atoms with Crippen LogP contribution in [0.1, 0.15) is 57.5 Å². The van der Waals surface area contributed by atoms with Crippen LogP contribution in [0.15, 0.2) is 60.7 Å². The Morgan fingerprint density at radius 2 is 1.05 bits per heavy atom. The monoisotopic (exact) mass is 856 g/mol. The van der Waals surface area contributed by atoms with Crippen LogP contribution in [-0.2, 0) is 20.0 Å². The van der Waals surface area contributed by atoms with Crippen molar-refractivity contribution in [3.05, 3.63) is 111 Å². The largest absolute Gasteiger partial charge is 0.383 e. The van der Waals surface area contributed by atoms with Crippen molar-refractivity contribution in [2.75, 3.05) is 55.5 Å². The molecule has 7 N–H and O–H groups in total.